The van der Waals surface area contributed by atoms with Crippen molar-refractivity contribution in [2.45, 2.75) is 30.5 Å². The molecule has 0 fully saturated rings. The summed E-state index contributed by atoms with van der Waals surface area (Å²) < 4.78 is 5.40. The number of anilines is 2. The van der Waals surface area contributed by atoms with Crippen LogP contribution in [0.5, 0.6) is 0 Å². The molecule has 0 saturated carbocycles. The summed E-state index contributed by atoms with van der Waals surface area (Å²) in [4.78, 5) is 21.3. The van der Waals surface area contributed by atoms with Crippen molar-refractivity contribution in [3.05, 3.63) is 53.4 Å². The Morgan fingerprint density at radius 1 is 1.30 bits per heavy atom. The van der Waals surface area contributed by atoms with Gasteiger partial charge < -0.3 is 15.5 Å². The predicted molar refractivity (Wildman–Crippen MR) is 113 cm³/mol. The number of nitrogen functional groups attached to an aromatic ring is 1. The number of carbonyl (C=O) groups excluding carboxylic acids is 1. The van der Waals surface area contributed by atoms with E-state index in [0.29, 0.717) is 18.0 Å². The summed E-state index contributed by atoms with van der Waals surface area (Å²) in [6.45, 7) is 3.71. The zero-order chi connectivity index (χ0) is 21.7. The fourth-order valence-electron chi connectivity index (χ4n) is 2.82. The largest absolute Gasteiger partial charge is 0.464 e. The van der Waals surface area contributed by atoms with E-state index in [0.717, 1.165) is 17.3 Å². The van der Waals surface area contributed by atoms with E-state index >= 15 is 0 Å². The molecule has 9 heteroatoms. The molecule has 0 radical (unpaired) electrons. The quantitative estimate of drug-likeness (QED) is 0.574. The van der Waals surface area contributed by atoms with Crippen molar-refractivity contribution >= 4 is 29.3 Å². The number of aryl methyl sites for hydroxylation is 1. The summed E-state index contributed by atoms with van der Waals surface area (Å²) >= 11 is 1.11. The molecule has 0 spiro atoms. The Bertz CT molecular complexity index is 1160. The third-order valence-corrected chi connectivity index (χ3v) is 5.70. The van der Waals surface area contributed by atoms with E-state index in [2.05, 4.69) is 21.4 Å². The number of carbonyl (C=O) groups is 1. The highest BCUT2D eigenvalue weighted by molar-refractivity contribution is 8.00. The minimum absolute atomic E-state index is 0.0266. The van der Waals surface area contributed by atoms with Gasteiger partial charge in [0.25, 0.3) is 0 Å². The summed E-state index contributed by atoms with van der Waals surface area (Å²) in [6, 6.07) is 11.0. The predicted octanol–water partition coefficient (Wildman–Crippen LogP) is 3.88. The van der Waals surface area contributed by atoms with Crippen molar-refractivity contribution in [3.63, 3.8) is 0 Å². The van der Waals surface area contributed by atoms with Crippen molar-refractivity contribution < 1.29 is 9.21 Å². The minimum atomic E-state index is -0.553. The maximum Gasteiger partial charge on any atom is 0.239 e. The second-order valence-electron chi connectivity index (χ2n) is 6.30. The highest BCUT2D eigenvalue weighted by atomic mass is 32.2. The maximum atomic E-state index is 12.8. The Labute approximate surface area is 177 Å². The molecule has 150 valence electrons. The van der Waals surface area contributed by atoms with Gasteiger partial charge in [0.2, 0.25) is 5.91 Å². The van der Waals surface area contributed by atoms with Gasteiger partial charge in [-0.25, -0.2) is 9.97 Å². The SMILES string of the molecule is CCC(Sc1nc(N)c(C#N)c(-c2ccco2)c1C#N)C(=O)Nc1ncccc1C. The summed E-state index contributed by atoms with van der Waals surface area (Å²) in [5.74, 6) is 0.519. The number of nitrogens with two attached hydrogens (primary N) is 1. The first kappa shape index (κ1) is 20.9. The second kappa shape index (κ2) is 9.12. The van der Waals surface area contributed by atoms with Crippen molar-refractivity contribution in [3.8, 4) is 23.5 Å². The Morgan fingerprint density at radius 3 is 2.67 bits per heavy atom. The van der Waals surface area contributed by atoms with Gasteiger partial charge in [0.05, 0.1) is 22.6 Å². The van der Waals surface area contributed by atoms with Crippen LogP contribution in [-0.4, -0.2) is 21.1 Å². The molecule has 1 atom stereocenters. The number of nitrogens with one attached hydrogen (secondary N) is 1. The summed E-state index contributed by atoms with van der Waals surface area (Å²) in [7, 11) is 0. The lowest BCUT2D eigenvalue weighted by Gasteiger charge is -2.17. The van der Waals surface area contributed by atoms with E-state index in [1.165, 1.54) is 6.26 Å². The van der Waals surface area contributed by atoms with Crippen LogP contribution in [0.4, 0.5) is 11.6 Å². The molecule has 1 amide bonds. The van der Waals surface area contributed by atoms with Crippen LogP contribution in [0, 0.1) is 29.6 Å². The number of rotatable bonds is 6. The molecule has 0 aliphatic heterocycles. The molecule has 3 aromatic rings. The van der Waals surface area contributed by atoms with Crippen molar-refractivity contribution in [2.24, 2.45) is 0 Å². The molecule has 0 aromatic carbocycles. The zero-order valence-corrected chi connectivity index (χ0v) is 17.2. The Morgan fingerprint density at radius 2 is 2.07 bits per heavy atom. The number of nitriles is 2. The number of amides is 1. The van der Waals surface area contributed by atoms with Crippen LogP contribution >= 0.6 is 11.8 Å². The number of pyridine rings is 2. The highest BCUT2D eigenvalue weighted by Gasteiger charge is 2.26. The Hall–Kier alpha value is -3.82. The van der Waals surface area contributed by atoms with Crippen LogP contribution < -0.4 is 11.1 Å². The average Bonchev–Trinajstić information content (AvgIpc) is 3.27. The topological polar surface area (TPSA) is 142 Å². The Kier molecular flexibility index (Phi) is 6.35. The number of hydrogen-bond acceptors (Lipinski definition) is 8. The summed E-state index contributed by atoms with van der Waals surface area (Å²) in [6.07, 6.45) is 3.52. The average molecular weight is 418 g/mol. The van der Waals surface area contributed by atoms with Crippen LogP contribution in [0.1, 0.15) is 30.0 Å². The lowest BCUT2D eigenvalue weighted by Crippen LogP contribution is -2.25. The van der Waals surface area contributed by atoms with E-state index < -0.39 is 5.25 Å². The van der Waals surface area contributed by atoms with Crippen LogP contribution in [0.25, 0.3) is 11.3 Å². The first-order valence-electron chi connectivity index (χ1n) is 9.06. The Balaban J connectivity index is 1.99. The monoisotopic (exact) mass is 418 g/mol. The molecule has 3 aromatic heterocycles. The zero-order valence-electron chi connectivity index (χ0n) is 16.3. The fourth-order valence-corrected chi connectivity index (χ4v) is 3.84. The molecule has 30 heavy (non-hydrogen) atoms. The molecule has 0 aliphatic carbocycles. The first-order valence-corrected chi connectivity index (χ1v) is 9.94. The van der Waals surface area contributed by atoms with Gasteiger partial charge >= 0.3 is 0 Å². The highest BCUT2D eigenvalue weighted by Crippen LogP contribution is 2.37. The molecule has 0 aliphatic rings. The molecule has 0 bridgehead atoms. The first-order chi connectivity index (χ1) is 14.5. The van der Waals surface area contributed by atoms with Crippen LogP contribution in [0.15, 0.2) is 46.2 Å². The van der Waals surface area contributed by atoms with Gasteiger partial charge in [0.15, 0.2) is 0 Å². The third-order valence-electron chi connectivity index (χ3n) is 4.35. The summed E-state index contributed by atoms with van der Waals surface area (Å²) in [5.41, 5.74) is 7.30. The number of hydrogen-bond donors (Lipinski definition) is 2. The lowest BCUT2D eigenvalue weighted by atomic mass is 10.0. The number of thioether (sulfide) groups is 1. The smallest absolute Gasteiger partial charge is 0.239 e. The maximum absolute atomic E-state index is 12.8. The minimum Gasteiger partial charge on any atom is -0.464 e. The van der Waals surface area contributed by atoms with E-state index in [-0.39, 0.29) is 33.4 Å². The molecule has 0 saturated heterocycles. The van der Waals surface area contributed by atoms with Gasteiger partial charge in [0, 0.05) is 6.20 Å². The molecule has 1 unspecified atom stereocenters. The van der Waals surface area contributed by atoms with Crippen LogP contribution in [-0.2, 0) is 4.79 Å². The summed E-state index contributed by atoms with van der Waals surface area (Å²) in [5, 5.41) is 21.8. The van der Waals surface area contributed by atoms with Gasteiger partial charge in [0.1, 0.15) is 40.1 Å². The van der Waals surface area contributed by atoms with Gasteiger partial charge in [-0.3, -0.25) is 4.79 Å². The van der Waals surface area contributed by atoms with E-state index in [1.807, 2.05) is 26.0 Å². The van der Waals surface area contributed by atoms with Crippen molar-refractivity contribution in [1.29, 1.82) is 10.5 Å². The van der Waals surface area contributed by atoms with Gasteiger partial charge in [-0.05, 0) is 37.1 Å². The van der Waals surface area contributed by atoms with Crippen molar-refractivity contribution in [2.75, 3.05) is 11.1 Å². The van der Waals surface area contributed by atoms with Gasteiger partial charge in [-0.1, -0.05) is 24.8 Å². The van der Waals surface area contributed by atoms with Crippen molar-refractivity contribution in [1.82, 2.24) is 9.97 Å². The van der Waals surface area contributed by atoms with Gasteiger partial charge in [-0.2, -0.15) is 10.5 Å². The molecule has 8 nitrogen and oxygen atoms in total. The molecule has 3 rings (SSSR count). The third kappa shape index (κ3) is 4.12. The molecular formula is C21H18N6O2S. The van der Waals surface area contributed by atoms with Gasteiger partial charge in [-0.15, -0.1) is 0 Å². The number of aromatic nitrogens is 2. The fraction of sp³-hybridized carbons (Fsp3) is 0.190. The van der Waals surface area contributed by atoms with E-state index in [9.17, 15) is 15.3 Å². The van der Waals surface area contributed by atoms with E-state index in [1.54, 1.807) is 24.4 Å². The number of nitrogens with zero attached hydrogens (tertiary/aromatic N) is 4. The molecule has 3 N–H and O–H groups in total. The van der Waals surface area contributed by atoms with Crippen LogP contribution in [0.3, 0.4) is 0 Å². The molecular weight excluding hydrogens is 400 g/mol. The van der Waals surface area contributed by atoms with E-state index in [4.69, 9.17) is 10.2 Å². The standard InChI is InChI=1S/C21H18N6O2S/c1-3-16(20(28)27-19-12(2)6-4-8-25-19)30-21-14(11-23)17(15-7-5-9-29-15)13(10-22)18(24)26-21/h4-9,16H,3H2,1-2H3,(H2,24,26)(H,25,27,28). The number of furan rings is 1. The molecule has 3 heterocycles. The lowest BCUT2D eigenvalue weighted by molar-refractivity contribution is -0.115. The normalized spacial score (nSPS) is 11.3. The second-order valence-corrected chi connectivity index (χ2v) is 7.49. The van der Waals surface area contributed by atoms with Crippen LogP contribution in [0.2, 0.25) is 0 Å².